The van der Waals surface area contributed by atoms with Crippen molar-refractivity contribution in [3.63, 3.8) is 0 Å². The minimum Gasteiger partial charge on any atom is -0.294 e. The summed E-state index contributed by atoms with van der Waals surface area (Å²) in [5, 5.41) is 0. The molecule has 0 bridgehead atoms. The van der Waals surface area contributed by atoms with Crippen LogP contribution >= 0.6 is 0 Å². The normalized spacial score (nSPS) is 12.9. The number of Topliss-reactive ketones (excluding diaryl/α,β-unsaturated/α-hetero) is 1. The maximum absolute atomic E-state index is 13.1. The zero-order valence-electron chi connectivity index (χ0n) is 14.0. The minimum absolute atomic E-state index is 0.111. The lowest BCUT2D eigenvalue weighted by Crippen LogP contribution is -2.51. The Labute approximate surface area is 146 Å². The lowest BCUT2D eigenvalue weighted by molar-refractivity contribution is -0.297. The molecule has 0 radical (unpaired) electrons. The molecule has 0 atom stereocenters. The first-order valence-corrected chi connectivity index (χ1v) is 7.69. The van der Waals surface area contributed by atoms with Gasteiger partial charge in [-0.25, -0.2) is 0 Å². The molecule has 0 aliphatic heterocycles. The average molecular weight is 374 g/mol. The van der Waals surface area contributed by atoms with Crippen LogP contribution in [0.25, 0.3) is 0 Å². The highest BCUT2D eigenvalue weighted by Gasteiger charge is 2.68. The number of benzene rings is 2. The first-order valence-electron chi connectivity index (χ1n) is 7.69. The van der Waals surface area contributed by atoms with Gasteiger partial charge in [-0.3, -0.25) is 4.79 Å². The van der Waals surface area contributed by atoms with Crippen LogP contribution in [0.1, 0.15) is 34.0 Å². The van der Waals surface area contributed by atoms with Crippen molar-refractivity contribution >= 4 is 5.78 Å². The fourth-order valence-electron chi connectivity index (χ4n) is 2.47. The van der Waals surface area contributed by atoms with Crippen LogP contribution in [-0.4, -0.2) is 18.1 Å². The quantitative estimate of drug-likeness (QED) is 0.488. The van der Waals surface area contributed by atoms with Gasteiger partial charge in [-0.15, -0.1) is 0 Å². The smallest absolute Gasteiger partial charge is 0.294 e. The molecule has 0 aliphatic carbocycles. The van der Waals surface area contributed by atoms with Gasteiger partial charge in [0.1, 0.15) is 0 Å². The molecular formula is C19H16F6O. The molecule has 0 aliphatic rings. The van der Waals surface area contributed by atoms with Gasteiger partial charge in [0.25, 0.3) is 0 Å². The van der Waals surface area contributed by atoms with Gasteiger partial charge >= 0.3 is 12.4 Å². The summed E-state index contributed by atoms with van der Waals surface area (Å²) in [6.45, 7) is 1.96. The van der Waals surface area contributed by atoms with E-state index in [1.165, 1.54) is 0 Å². The molecule has 0 amide bonds. The van der Waals surface area contributed by atoms with Crippen molar-refractivity contribution in [2.45, 2.75) is 38.0 Å². The number of rotatable bonds is 4. The van der Waals surface area contributed by atoms with Crippen molar-refractivity contribution in [2.24, 2.45) is 0 Å². The predicted octanol–water partition coefficient (Wildman–Crippen LogP) is 5.80. The van der Waals surface area contributed by atoms with Crippen LogP contribution in [0.3, 0.4) is 0 Å². The zero-order chi connectivity index (χ0) is 19.8. The summed E-state index contributed by atoms with van der Waals surface area (Å²) in [4.78, 5) is 12.2. The molecule has 0 aromatic heterocycles. The van der Waals surface area contributed by atoms with Crippen molar-refractivity contribution in [2.75, 3.05) is 0 Å². The Morgan fingerprint density at radius 2 is 1.27 bits per heavy atom. The predicted molar refractivity (Wildman–Crippen MR) is 85.1 cm³/mol. The van der Waals surface area contributed by atoms with Gasteiger partial charge in [0.15, 0.2) is 11.2 Å². The van der Waals surface area contributed by atoms with Crippen LogP contribution in [0.5, 0.6) is 0 Å². The van der Waals surface area contributed by atoms with E-state index in [0.717, 1.165) is 29.8 Å². The molecule has 2 rings (SSSR count). The monoisotopic (exact) mass is 374 g/mol. The van der Waals surface area contributed by atoms with Crippen molar-refractivity contribution in [3.05, 3.63) is 70.8 Å². The van der Waals surface area contributed by atoms with Crippen molar-refractivity contribution < 1.29 is 31.1 Å². The maximum Gasteiger partial charge on any atom is 0.406 e. The van der Waals surface area contributed by atoms with E-state index in [0.29, 0.717) is 11.1 Å². The molecule has 0 spiro atoms. The Hall–Kier alpha value is -2.31. The Morgan fingerprint density at radius 1 is 0.808 bits per heavy atom. The number of carbonyl (C=O) groups excluding carboxylic acids is 1. The molecule has 0 heterocycles. The van der Waals surface area contributed by atoms with Gasteiger partial charge in [0, 0.05) is 12.0 Å². The third-order valence-corrected chi connectivity index (χ3v) is 4.40. The van der Waals surface area contributed by atoms with Crippen LogP contribution in [-0.2, 0) is 11.8 Å². The van der Waals surface area contributed by atoms with E-state index in [2.05, 4.69) is 0 Å². The minimum atomic E-state index is -5.50. The van der Waals surface area contributed by atoms with Crippen molar-refractivity contribution in [3.8, 4) is 0 Å². The number of alkyl halides is 6. The van der Waals surface area contributed by atoms with E-state index in [4.69, 9.17) is 0 Å². The van der Waals surface area contributed by atoms with Gasteiger partial charge in [0.05, 0.1) is 0 Å². The van der Waals surface area contributed by atoms with Gasteiger partial charge < -0.3 is 0 Å². The van der Waals surface area contributed by atoms with Gasteiger partial charge in [0.2, 0.25) is 0 Å². The summed E-state index contributed by atoms with van der Waals surface area (Å²) >= 11 is 0. The third-order valence-electron chi connectivity index (χ3n) is 4.40. The zero-order valence-corrected chi connectivity index (χ0v) is 14.0. The van der Waals surface area contributed by atoms with Crippen LogP contribution in [0, 0.1) is 6.92 Å². The van der Waals surface area contributed by atoms with Crippen LogP contribution in [0.15, 0.2) is 48.5 Å². The number of aryl methyl sites for hydroxylation is 1. The first-order chi connectivity index (χ1) is 11.9. The Bertz CT molecular complexity index is 756. The molecule has 1 nitrogen and oxygen atoms in total. The summed E-state index contributed by atoms with van der Waals surface area (Å²) in [6, 6.07) is 10.5. The standard InChI is InChI=1S/C19H16F6O/c1-12-3-7-14(8-4-12)16(26)11-13-5-9-15(10-6-13)17(2,18(20,21)22)19(23,24)25/h3-10H,11H2,1-2H3. The second kappa shape index (κ2) is 6.78. The molecule has 0 fully saturated rings. The summed E-state index contributed by atoms with van der Waals surface area (Å²) in [5.74, 6) is -0.271. The van der Waals surface area contributed by atoms with Gasteiger partial charge in [-0.1, -0.05) is 54.1 Å². The number of hydrogen-bond acceptors (Lipinski definition) is 1. The molecule has 7 heteroatoms. The lowest BCUT2D eigenvalue weighted by atomic mass is 9.80. The number of hydrogen-bond donors (Lipinski definition) is 0. The molecule has 26 heavy (non-hydrogen) atoms. The second-order valence-electron chi connectivity index (χ2n) is 6.28. The highest BCUT2D eigenvalue weighted by Crippen LogP contribution is 2.51. The van der Waals surface area contributed by atoms with E-state index in [9.17, 15) is 31.1 Å². The largest absolute Gasteiger partial charge is 0.406 e. The molecular weight excluding hydrogens is 358 g/mol. The molecule has 0 saturated heterocycles. The lowest BCUT2D eigenvalue weighted by Gasteiger charge is -2.34. The molecule has 0 saturated carbocycles. The van der Waals surface area contributed by atoms with E-state index in [1.54, 1.807) is 24.3 Å². The Morgan fingerprint density at radius 3 is 1.69 bits per heavy atom. The van der Waals surface area contributed by atoms with E-state index in [-0.39, 0.29) is 19.1 Å². The summed E-state index contributed by atoms with van der Waals surface area (Å²) in [6.07, 6.45) is -11.1. The van der Waals surface area contributed by atoms with Crippen molar-refractivity contribution in [1.29, 1.82) is 0 Å². The highest BCUT2D eigenvalue weighted by atomic mass is 19.4. The molecule has 2 aromatic carbocycles. The van der Waals surface area contributed by atoms with Crippen LogP contribution in [0.4, 0.5) is 26.3 Å². The number of halogens is 6. The van der Waals surface area contributed by atoms with E-state index >= 15 is 0 Å². The van der Waals surface area contributed by atoms with E-state index in [1.807, 2.05) is 6.92 Å². The van der Waals surface area contributed by atoms with Crippen LogP contribution < -0.4 is 0 Å². The Balaban J connectivity index is 2.27. The topological polar surface area (TPSA) is 17.1 Å². The number of ketones is 1. The Kier molecular flexibility index (Phi) is 5.21. The summed E-state index contributed by atoms with van der Waals surface area (Å²) in [5.41, 5.74) is -3.16. The molecule has 0 unspecified atom stereocenters. The highest BCUT2D eigenvalue weighted by molar-refractivity contribution is 5.97. The van der Waals surface area contributed by atoms with E-state index < -0.39 is 23.3 Å². The third kappa shape index (κ3) is 3.76. The molecule has 0 N–H and O–H groups in total. The average Bonchev–Trinajstić information content (AvgIpc) is 2.53. The SMILES string of the molecule is Cc1ccc(C(=O)Cc2ccc(C(C)(C(F)(F)F)C(F)(F)F)cc2)cc1. The van der Waals surface area contributed by atoms with Gasteiger partial charge in [-0.2, -0.15) is 26.3 Å². The van der Waals surface area contributed by atoms with Gasteiger partial charge in [-0.05, 0) is 25.0 Å². The molecule has 140 valence electrons. The van der Waals surface area contributed by atoms with Crippen molar-refractivity contribution in [1.82, 2.24) is 0 Å². The summed E-state index contributed by atoms with van der Waals surface area (Å²) < 4.78 is 78.5. The second-order valence-corrected chi connectivity index (χ2v) is 6.28. The van der Waals surface area contributed by atoms with Crippen LogP contribution in [0.2, 0.25) is 0 Å². The fourth-order valence-corrected chi connectivity index (χ4v) is 2.47. The maximum atomic E-state index is 13.1. The fraction of sp³-hybridized carbons (Fsp3) is 0.316. The first kappa shape index (κ1) is 20.0. The number of carbonyl (C=O) groups is 1. The summed E-state index contributed by atoms with van der Waals surface area (Å²) in [7, 11) is 0. The molecule has 2 aromatic rings.